The predicted octanol–water partition coefficient (Wildman–Crippen LogP) is 9.60. The van der Waals surface area contributed by atoms with Crippen LogP contribution >= 0.6 is 15.9 Å². The maximum absolute atomic E-state index is 6.32. The van der Waals surface area contributed by atoms with E-state index in [-0.39, 0.29) is 93.5 Å². The molecule has 8 aromatic carbocycles. The fourth-order valence-corrected chi connectivity index (χ4v) is 9.10. The molecule has 0 atom stereocenters. The van der Waals surface area contributed by atoms with Gasteiger partial charge in [-0.15, -0.1) is 0 Å². The van der Waals surface area contributed by atoms with Gasteiger partial charge in [-0.2, -0.15) is 0 Å². The Morgan fingerprint density at radius 2 is 0.656 bits per heavy atom. The minimum Gasteiger partial charge on any atom is -1.00 e. The van der Waals surface area contributed by atoms with Crippen LogP contribution in [0, 0.1) is 0 Å². The van der Waals surface area contributed by atoms with Crippen LogP contribution in [0.15, 0.2) is 114 Å². The Kier molecular flexibility index (Phi) is 11.8. The quantitative estimate of drug-likeness (QED) is 0.127. The minimum atomic E-state index is -0.476. The van der Waals surface area contributed by atoms with Gasteiger partial charge in [0.1, 0.15) is 0 Å². The second kappa shape index (κ2) is 15.8. The molecule has 0 aromatic heterocycles. The van der Waals surface area contributed by atoms with Gasteiger partial charge in [0.05, 0.1) is 33.6 Å². The molecule has 0 N–H and O–H groups in total. The molecule has 3 saturated heterocycles. The van der Waals surface area contributed by atoms with Crippen LogP contribution in [-0.4, -0.2) is 54.7 Å². The average Bonchev–Trinajstić information content (AvgIpc) is 3.66. The van der Waals surface area contributed by atoms with Crippen molar-refractivity contribution in [1.82, 2.24) is 0 Å². The van der Waals surface area contributed by atoms with Crippen LogP contribution in [0.4, 0.5) is 0 Å². The fraction of sp³-hybridized carbons (Fsp3) is 0.360. The van der Waals surface area contributed by atoms with Gasteiger partial charge in [0.15, 0.2) is 0 Å². The zero-order valence-corrected chi connectivity index (χ0v) is 42.7. The molecule has 3 fully saturated rings. The summed E-state index contributed by atoms with van der Waals surface area (Å²) in [6.45, 7) is 24.6. The van der Waals surface area contributed by atoms with E-state index in [4.69, 9.17) is 27.9 Å². The van der Waals surface area contributed by atoms with Crippen LogP contribution in [0.1, 0.15) is 84.5 Å². The monoisotopic (exact) mass is 902 g/mol. The third-order valence-electron chi connectivity index (χ3n) is 14.3. The molecule has 11 rings (SSSR count). The van der Waals surface area contributed by atoms with Crippen LogP contribution in [0.2, 0.25) is 0 Å². The molecule has 8 aromatic rings. The molecule has 0 unspecified atom stereocenters. The molecule has 3 aliphatic rings. The Hall–Kier alpha value is -2.09. The normalized spacial score (nSPS) is 20.7. The summed E-state index contributed by atoms with van der Waals surface area (Å²) >= 11 is 3.64. The zero-order valence-electron chi connectivity index (χ0n) is 39.0. The van der Waals surface area contributed by atoms with Crippen molar-refractivity contribution in [2.45, 2.75) is 117 Å². The second-order valence-corrected chi connectivity index (χ2v) is 20.6. The molecular formula is C50H55B3BrKO6. The minimum absolute atomic E-state index is 0. The van der Waals surface area contributed by atoms with E-state index in [1.165, 1.54) is 69.1 Å². The van der Waals surface area contributed by atoms with Crippen LogP contribution in [0.25, 0.3) is 64.6 Å². The largest absolute Gasteiger partial charge is 1.00 e. The Morgan fingerprint density at radius 1 is 0.361 bits per heavy atom. The van der Waals surface area contributed by atoms with Crippen molar-refractivity contribution < 1.29 is 80.7 Å². The molecule has 0 spiro atoms. The van der Waals surface area contributed by atoms with Gasteiger partial charge in [-0.1, -0.05) is 119 Å². The molecule has 0 saturated carbocycles. The van der Waals surface area contributed by atoms with Crippen molar-refractivity contribution in [3.63, 3.8) is 0 Å². The van der Waals surface area contributed by atoms with Gasteiger partial charge in [-0.05, 0) is 159 Å². The van der Waals surface area contributed by atoms with Crippen molar-refractivity contribution in [1.29, 1.82) is 0 Å². The molecule has 3 heterocycles. The maximum atomic E-state index is 6.32. The summed E-state index contributed by atoms with van der Waals surface area (Å²) in [6, 6.07) is 39.3. The van der Waals surface area contributed by atoms with Gasteiger partial charge in [-0.25, -0.2) is 0 Å². The molecule has 11 heteroatoms. The van der Waals surface area contributed by atoms with Crippen LogP contribution < -0.4 is 56.8 Å². The first-order chi connectivity index (χ1) is 28.1. The van der Waals surface area contributed by atoms with Gasteiger partial charge in [-0.3, -0.25) is 0 Å². The third kappa shape index (κ3) is 7.74. The Balaban J connectivity index is 0.000000141. The molecular weight excluding hydrogens is 848 g/mol. The molecule has 6 nitrogen and oxygen atoms in total. The Bertz CT molecular complexity index is 2810. The van der Waals surface area contributed by atoms with Crippen LogP contribution in [0.3, 0.4) is 0 Å². The van der Waals surface area contributed by atoms with E-state index >= 15 is 0 Å². The molecule has 0 aliphatic carbocycles. The van der Waals surface area contributed by atoms with Crippen molar-refractivity contribution in [3.8, 4) is 0 Å². The SMILES string of the molecule is Brc1ccc2ccc3cccc4ccc1c2c34.CC1(C)OB(B2OC(C)(C)C(C)(C)O2)OC1(C)C.CC1(C)OB(c2ccc3ccc4cccc5ccc2c3c45)OC1(C)C.[H-].[K+]. The summed E-state index contributed by atoms with van der Waals surface area (Å²) in [5.41, 5.74) is -0.988. The summed E-state index contributed by atoms with van der Waals surface area (Å²) in [7, 11) is -1.29. The Labute approximate surface area is 414 Å². The smallest absolute Gasteiger partial charge is 1.00 e. The maximum Gasteiger partial charge on any atom is 1.00 e. The first-order valence-corrected chi connectivity index (χ1v) is 21.9. The fourth-order valence-electron chi connectivity index (χ4n) is 8.63. The van der Waals surface area contributed by atoms with Gasteiger partial charge in [0, 0.05) is 4.47 Å². The van der Waals surface area contributed by atoms with Gasteiger partial charge in [0.2, 0.25) is 0 Å². The van der Waals surface area contributed by atoms with Crippen molar-refractivity contribution >= 4 is 107 Å². The van der Waals surface area contributed by atoms with Crippen molar-refractivity contribution in [2.75, 3.05) is 0 Å². The molecule has 3 aliphatic heterocycles. The molecule has 61 heavy (non-hydrogen) atoms. The number of halogens is 1. The van der Waals surface area contributed by atoms with Gasteiger partial charge < -0.3 is 29.4 Å². The standard InChI is InChI=1S/C22H21BO2.C16H9Br.C12H24B2O4.K.H/c1-21(2)22(3,4)25-23(24-21)18-13-11-16-9-8-14-6-5-7-15-10-12-17(18)20(16)19(14)15;17-14-9-7-12-5-4-10-2-1-3-11-6-8-13(14)16(12)15(10)11;1-9(2)10(3,4)16-13(15-9)14-17-11(5,6)12(7,8)18-14;;/h5-13H,1-4H3;1-9H;1-8H3;;/q;;;+1;-1. The number of rotatable bonds is 2. The van der Waals surface area contributed by atoms with Gasteiger partial charge >= 0.3 is 72.5 Å². The summed E-state index contributed by atoms with van der Waals surface area (Å²) < 4.78 is 37.7. The Morgan fingerprint density at radius 3 is 1.07 bits per heavy atom. The average molecular weight is 903 g/mol. The first kappa shape index (κ1) is 45.5. The topological polar surface area (TPSA) is 55.4 Å². The van der Waals surface area contributed by atoms with E-state index in [1.54, 1.807) is 0 Å². The summed E-state index contributed by atoms with van der Waals surface area (Å²) in [4.78, 5) is 0. The third-order valence-corrected chi connectivity index (χ3v) is 15.0. The van der Waals surface area contributed by atoms with E-state index in [1.807, 2.05) is 55.4 Å². The summed E-state index contributed by atoms with van der Waals surface area (Å²) in [5, 5.41) is 15.7. The van der Waals surface area contributed by atoms with Crippen molar-refractivity contribution in [2.24, 2.45) is 0 Å². The number of hydrogen-bond acceptors (Lipinski definition) is 6. The van der Waals surface area contributed by atoms with E-state index in [2.05, 4.69) is 153 Å². The van der Waals surface area contributed by atoms with E-state index < -0.39 is 14.0 Å². The zero-order chi connectivity index (χ0) is 42.8. The molecule has 0 radical (unpaired) electrons. The van der Waals surface area contributed by atoms with Crippen molar-refractivity contribution in [3.05, 3.63) is 114 Å². The van der Waals surface area contributed by atoms with E-state index in [0.29, 0.717) is 0 Å². The summed E-state index contributed by atoms with van der Waals surface area (Å²) in [5.74, 6) is 0. The number of hydrogen-bond donors (Lipinski definition) is 0. The first-order valence-electron chi connectivity index (χ1n) is 21.2. The molecule has 0 bridgehead atoms. The number of benzene rings is 8. The van der Waals surface area contributed by atoms with E-state index in [0.717, 1.165) is 5.46 Å². The molecule has 308 valence electrons. The van der Waals surface area contributed by atoms with Crippen LogP contribution in [0.5, 0.6) is 0 Å². The summed E-state index contributed by atoms with van der Waals surface area (Å²) in [6.07, 6.45) is 0. The predicted molar refractivity (Wildman–Crippen MR) is 257 cm³/mol. The van der Waals surface area contributed by atoms with E-state index in [9.17, 15) is 0 Å². The second-order valence-electron chi connectivity index (χ2n) is 19.8. The molecule has 0 amide bonds. The van der Waals surface area contributed by atoms with Gasteiger partial charge in [0.25, 0.3) is 0 Å². The van der Waals surface area contributed by atoms with Crippen LogP contribution in [-0.2, 0) is 27.9 Å².